The molecule has 0 aromatic carbocycles. The smallest absolute Gasteiger partial charge is 0.220 e. The normalized spacial score (nSPS) is 28.7. The molecular weight excluding hydrogens is 202 g/mol. The minimum absolute atomic E-state index is 0.228. The van der Waals surface area contributed by atoms with E-state index in [9.17, 15) is 4.79 Å². The monoisotopic (exact) mass is 225 g/mol. The lowest BCUT2D eigenvalue weighted by Gasteiger charge is -2.37. The highest BCUT2D eigenvalue weighted by Gasteiger charge is 2.25. The van der Waals surface area contributed by atoms with Crippen molar-refractivity contribution in [2.75, 3.05) is 39.3 Å². The van der Waals surface area contributed by atoms with Crippen LogP contribution >= 0.6 is 0 Å². The van der Waals surface area contributed by atoms with E-state index in [-0.39, 0.29) is 5.91 Å². The Hall–Kier alpha value is -0.610. The first kappa shape index (κ1) is 11.9. The third-order valence-electron chi connectivity index (χ3n) is 3.72. The molecule has 1 amide bonds. The van der Waals surface area contributed by atoms with Gasteiger partial charge in [0.15, 0.2) is 0 Å². The van der Waals surface area contributed by atoms with Gasteiger partial charge in [-0.15, -0.1) is 0 Å². The fourth-order valence-electron chi connectivity index (χ4n) is 2.62. The van der Waals surface area contributed by atoms with Crippen molar-refractivity contribution < 1.29 is 4.79 Å². The molecule has 0 saturated carbocycles. The number of nitrogens with one attached hydrogen (secondary N) is 1. The van der Waals surface area contributed by atoms with Crippen LogP contribution in [0.5, 0.6) is 0 Å². The SMILES string of the molecule is CC(C)N1CCN(CC2CNC(=O)C2)CC1. The van der Waals surface area contributed by atoms with E-state index in [2.05, 4.69) is 29.0 Å². The van der Waals surface area contributed by atoms with Gasteiger partial charge in [-0.2, -0.15) is 0 Å². The predicted molar refractivity (Wildman–Crippen MR) is 64.3 cm³/mol. The molecule has 1 atom stereocenters. The number of hydrogen-bond acceptors (Lipinski definition) is 3. The highest BCUT2D eigenvalue weighted by atomic mass is 16.1. The summed E-state index contributed by atoms with van der Waals surface area (Å²) in [4.78, 5) is 16.1. The second kappa shape index (κ2) is 5.15. The second-order valence-electron chi connectivity index (χ2n) is 5.30. The van der Waals surface area contributed by atoms with Crippen molar-refractivity contribution in [3.05, 3.63) is 0 Å². The Morgan fingerprint density at radius 2 is 2.00 bits per heavy atom. The van der Waals surface area contributed by atoms with E-state index in [1.807, 2.05) is 0 Å². The van der Waals surface area contributed by atoms with Crippen molar-refractivity contribution in [2.24, 2.45) is 5.92 Å². The van der Waals surface area contributed by atoms with E-state index in [0.717, 1.165) is 32.6 Å². The molecule has 92 valence electrons. The summed E-state index contributed by atoms with van der Waals surface area (Å²) in [5, 5.41) is 2.91. The average molecular weight is 225 g/mol. The molecule has 2 aliphatic heterocycles. The summed E-state index contributed by atoms with van der Waals surface area (Å²) in [7, 11) is 0. The van der Waals surface area contributed by atoms with Gasteiger partial charge in [0.25, 0.3) is 0 Å². The lowest BCUT2D eigenvalue weighted by Crippen LogP contribution is -2.50. The van der Waals surface area contributed by atoms with E-state index >= 15 is 0 Å². The summed E-state index contributed by atoms with van der Waals surface area (Å²) in [6.45, 7) is 11.1. The number of nitrogens with zero attached hydrogens (tertiary/aromatic N) is 2. The molecule has 0 radical (unpaired) electrons. The van der Waals surface area contributed by atoms with E-state index in [1.165, 1.54) is 13.1 Å². The van der Waals surface area contributed by atoms with Crippen LogP contribution < -0.4 is 5.32 Å². The summed E-state index contributed by atoms with van der Waals surface area (Å²) < 4.78 is 0. The van der Waals surface area contributed by atoms with Crippen LogP contribution in [0.3, 0.4) is 0 Å². The molecule has 0 aliphatic carbocycles. The van der Waals surface area contributed by atoms with Crippen LogP contribution in [0.2, 0.25) is 0 Å². The maximum absolute atomic E-state index is 11.1. The highest BCUT2D eigenvalue weighted by molar-refractivity contribution is 5.78. The first-order chi connectivity index (χ1) is 7.65. The number of carbonyl (C=O) groups is 1. The Morgan fingerprint density at radius 1 is 1.31 bits per heavy atom. The summed E-state index contributed by atoms with van der Waals surface area (Å²) in [6, 6.07) is 0.664. The molecule has 2 rings (SSSR count). The van der Waals surface area contributed by atoms with Crippen molar-refractivity contribution in [1.82, 2.24) is 15.1 Å². The second-order valence-corrected chi connectivity index (χ2v) is 5.30. The molecule has 2 aliphatic rings. The van der Waals surface area contributed by atoms with Crippen LogP contribution in [0.1, 0.15) is 20.3 Å². The molecule has 2 heterocycles. The fourth-order valence-corrected chi connectivity index (χ4v) is 2.62. The molecule has 1 unspecified atom stereocenters. The zero-order valence-corrected chi connectivity index (χ0v) is 10.4. The third-order valence-corrected chi connectivity index (χ3v) is 3.72. The Morgan fingerprint density at radius 3 is 2.50 bits per heavy atom. The number of carbonyl (C=O) groups excluding carboxylic acids is 1. The van der Waals surface area contributed by atoms with E-state index in [1.54, 1.807) is 0 Å². The van der Waals surface area contributed by atoms with Crippen molar-refractivity contribution in [3.63, 3.8) is 0 Å². The van der Waals surface area contributed by atoms with Gasteiger partial charge in [0.1, 0.15) is 0 Å². The quantitative estimate of drug-likeness (QED) is 0.742. The molecule has 0 spiro atoms. The Kier molecular flexibility index (Phi) is 3.82. The van der Waals surface area contributed by atoms with Gasteiger partial charge in [-0.05, 0) is 19.8 Å². The average Bonchev–Trinajstić information content (AvgIpc) is 2.65. The van der Waals surface area contributed by atoms with E-state index in [4.69, 9.17) is 0 Å². The number of piperazine rings is 1. The van der Waals surface area contributed by atoms with Crippen molar-refractivity contribution in [2.45, 2.75) is 26.3 Å². The molecule has 0 bridgehead atoms. The van der Waals surface area contributed by atoms with Gasteiger partial charge in [-0.1, -0.05) is 0 Å². The maximum Gasteiger partial charge on any atom is 0.220 e. The lowest BCUT2D eigenvalue weighted by atomic mass is 10.1. The van der Waals surface area contributed by atoms with Crippen LogP contribution in [-0.2, 0) is 4.79 Å². The Labute approximate surface area is 98.0 Å². The molecule has 0 aromatic heterocycles. The first-order valence-corrected chi connectivity index (χ1v) is 6.38. The van der Waals surface area contributed by atoms with Gasteiger partial charge in [0.2, 0.25) is 5.91 Å². The van der Waals surface area contributed by atoms with Crippen LogP contribution in [0, 0.1) is 5.92 Å². The van der Waals surface area contributed by atoms with E-state index < -0.39 is 0 Å². The number of hydrogen-bond donors (Lipinski definition) is 1. The van der Waals surface area contributed by atoms with Crippen molar-refractivity contribution >= 4 is 5.91 Å². The number of rotatable bonds is 3. The zero-order valence-electron chi connectivity index (χ0n) is 10.4. The van der Waals surface area contributed by atoms with Gasteiger partial charge in [-0.3, -0.25) is 9.69 Å². The zero-order chi connectivity index (χ0) is 11.5. The van der Waals surface area contributed by atoms with Gasteiger partial charge in [0, 0.05) is 51.7 Å². The van der Waals surface area contributed by atoms with Crippen molar-refractivity contribution in [1.29, 1.82) is 0 Å². The lowest BCUT2D eigenvalue weighted by molar-refractivity contribution is -0.119. The van der Waals surface area contributed by atoms with E-state index in [0.29, 0.717) is 12.0 Å². The Bertz CT molecular complexity index is 247. The van der Waals surface area contributed by atoms with Gasteiger partial charge in [0.05, 0.1) is 0 Å². The molecule has 4 heteroatoms. The molecular formula is C12H23N3O. The molecule has 1 N–H and O–H groups in total. The minimum Gasteiger partial charge on any atom is -0.356 e. The summed E-state index contributed by atoms with van der Waals surface area (Å²) in [5.41, 5.74) is 0. The first-order valence-electron chi connectivity index (χ1n) is 6.38. The van der Waals surface area contributed by atoms with Crippen LogP contribution in [0.15, 0.2) is 0 Å². The third kappa shape index (κ3) is 2.95. The summed E-state index contributed by atoms with van der Waals surface area (Å²) in [6.07, 6.45) is 0.727. The molecule has 0 aromatic rings. The minimum atomic E-state index is 0.228. The number of amides is 1. The predicted octanol–water partition coefficient (Wildman–Crippen LogP) is 0.149. The molecule has 2 saturated heterocycles. The topological polar surface area (TPSA) is 35.6 Å². The molecule has 16 heavy (non-hydrogen) atoms. The highest BCUT2D eigenvalue weighted by Crippen LogP contribution is 2.13. The summed E-state index contributed by atoms with van der Waals surface area (Å²) >= 11 is 0. The molecule has 4 nitrogen and oxygen atoms in total. The van der Waals surface area contributed by atoms with Gasteiger partial charge in [-0.25, -0.2) is 0 Å². The molecule has 2 fully saturated rings. The largest absolute Gasteiger partial charge is 0.356 e. The van der Waals surface area contributed by atoms with Gasteiger partial charge >= 0.3 is 0 Å². The Balaban J connectivity index is 1.71. The van der Waals surface area contributed by atoms with Crippen LogP contribution in [-0.4, -0.2) is 61.0 Å². The fraction of sp³-hybridized carbons (Fsp3) is 0.917. The summed E-state index contributed by atoms with van der Waals surface area (Å²) in [5.74, 6) is 0.768. The maximum atomic E-state index is 11.1. The van der Waals surface area contributed by atoms with Crippen LogP contribution in [0.25, 0.3) is 0 Å². The van der Waals surface area contributed by atoms with Crippen molar-refractivity contribution in [3.8, 4) is 0 Å². The van der Waals surface area contributed by atoms with Crippen LogP contribution in [0.4, 0.5) is 0 Å². The van der Waals surface area contributed by atoms with Gasteiger partial charge < -0.3 is 10.2 Å². The standard InChI is InChI=1S/C12H23N3O/c1-10(2)15-5-3-14(4-6-15)9-11-7-12(16)13-8-11/h10-11H,3-9H2,1-2H3,(H,13,16).